The monoisotopic (exact) mass is 755 g/mol. The zero-order valence-electron chi connectivity index (χ0n) is 31.7. The van der Waals surface area contributed by atoms with Crippen molar-refractivity contribution in [1.82, 2.24) is 0 Å². The topological polar surface area (TPSA) is 3.24 Å². The van der Waals surface area contributed by atoms with E-state index in [9.17, 15) is 0 Å². The highest BCUT2D eigenvalue weighted by atomic mass is 32.1. The van der Waals surface area contributed by atoms with E-state index >= 15 is 0 Å². The molecule has 0 saturated heterocycles. The van der Waals surface area contributed by atoms with Crippen molar-refractivity contribution in [2.45, 2.75) is 0 Å². The van der Waals surface area contributed by atoms with Crippen molar-refractivity contribution in [3.63, 3.8) is 0 Å². The van der Waals surface area contributed by atoms with Crippen LogP contribution in [0.25, 0.3) is 86.2 Å². The average molecular weight is 756 g/mol. The Balaban J connectivity index is 1.19. The van der Waals surface area contributed by atoms with Crippen LogP contribution in [0.5, 0.6) is 0 Å². The summed E-state index contributed by atoms with van der Waals surface area (Å²) >= 11 is 1.88. The zero-order valence-corrected chi connectivity index (χ0v) is 32.5. The molecule has 0 aliphatic carbocycles. The first-order valence-electron chi connectivity index (χ1n) is 19.8. The van der Waals surface area contributed by atoms with Gasteiger partial charge in [0.1, 0.15) is 0 Å². The fourth-order valence-corrected chi connectivity index (χ4v) is 10.1. The Kier molecular flexibility index (Phi) is 8.42. The summed E-state index contributed by atoms with van der Waals surface area (Å²) < 4.78 is 2.60. The fourth-order valence-electron chi connectivity index (χ4n) is 8.87. The van der Waals surface area contributed by atoms with Crippen LogP contribution in [0.15, 0.2) is 224 Å². The molecule has 11 aromatic rings. The van der Waals surface area contributed by atoms with E-state index in [-0.39, 0.29) is 0 Å². The van der Waals surface area contributed by atoms with E-state index in [0.717, 1.165) is 17.1 Å². The summed E-state index contributed by atoms with van der Waals surface area (Å²) in [6.45, 7) is 0. The molecule has 0 fully saturated rings. The zero-order chi connectivity index (χ0) is 38.4. The summed E-state index contributed by atoms with van der Waals surface area (Å²) in [5.74, 6) is 0. The van der Waals surface area contributed by atoms with Gasteiger partial charge in [-0.25, -0.2) is 0 Å². The van der Waals surface area contributed by atoms with E-state index in [0.29, 0.717) is 0 Å². The molecule has 10 aromatic carbocycles. The van der Waals surface area contributed by atoms with Gasteiger partial charge in [0.05, 0.1) is 11.4 Å². The number of thiophene rings is 1. The normalized spacial score (nSPS) is 11.4. The molecule has 0 N–H and O–H groups in total. The maximum absolute atomic E-state index is 2.50. The number of benzene rings is 10. The second-order valence-electron chi connectivity index (χ2n) is 14.8. The van der Waals surface area contributed by atoms with E-state index in [4.69, 9.17) is 0 Å². The summed E-state index contributed by atoms with van der Waals surface area (Å²) in [5.41, 5.74) is 13.0. The van der Waals surface area contributed by atoms with Crippen LogP contribution < -0.4 is 4.90 Å². The lowest BCUT2D eigenvalue weighted by Crippen LogP contribution is -2.12. The molecule has 0 bridgehead atoms. The van der Waals surface area contributed by atoms with Gasteiger partial charge in [0.25, 0.3) is 0 Å². The van der Waals surface area contributed by atoms with Crippen LogP contribution in [0.2, 0.25) is 0 Å². The molecule has 272 valence electrons. The number of para-hydroxylation sites is 2. The van der Waals surface area contributed by atoms with Gasteiger partial charge in [0.15, 0.2) is 0 Å². The van der Waals surface area contributed by atoms with Gasteiger partial charge in [0, 0.05) is 42.6 Å². The first-order chi connectivity index (χ1) is 28.8. The molecule has 2 heteroatoms. The molecule has 0 spiro atoms. The van der Waals surface area contributed by atoms with E-state index in [1.807, 2.05) is 11.3 Å². The molecular formula is C56H37NS. The molecule has 1 aromatic heterocycles. The van der Waals surface area contributed by atoms with Crippen molar-refractivity contribution < 1.29 is 0 Å². The molecule has 0 atom stereocenters. The van der Waals surface area contributed by atoms with Crippen LogP contribution in [0.3, 0.4) is 0 Å². The predicted octanol–water partition coefficient (Wildman–Crippen LogP) is 16.5. The van der Waals surface area contributed by atoms with Crippen LogP contribution in [-0.4, -0.2) is 0 Å². The average Bonchev–Trinajstić information content (AvgIpc) is 3.68. The predicted molar refractivity (Wildman–Crippen MR) is 251 cm³/mol. The summed E-state index contributed by atoms with van der Waals surface area (Å²) in [6.07, 6.45) is 0. The first kappa shape index (κ1) is 34.0. The number of nitrogens with zero attached hydrogens (tertiary/aromatic N) is 1. The lowest BCUT2D eigenvalue weighted by atomic mass is 9.90. The minimum absolute atomic E-state index is 1.09. The third-order valence-corrected chi connectivity index (χ3v) is 12.7. The van der Waals surface area contributed by atoms with E-state index in [1.54, 1.807) is 0 Å². The van der Waals surface area contributed by atoms with Crippen LogP contribution in [0, 0.1) is 0 Å². The van der Waals surface area contributed by atoms with Crippen molar-refractivity contribution in [3.05, 3.63) is 224 Å². The van der Waals surface area contributed by atoms with Gasteiger partial charge in [-0.1, -0.05) is 194 Å². The molecule has 0 unspecified atom stereocenters. The van der Waals surface area contributed by atoms with Gasteiger partial charge >= 0.3 is 0 Å². The minimum atomic E-state index is 1.09. The summed E-state index contributed by atoms with van der Waals surface area (Å²) in [6, 6.07) is 82.0. The number of rotatable bonds is 7. The molecule has 1 heterocycles. The minimum Gasteiger partial charge on any atom is -0.309 e. The van der Waals surface area contributed by atoms with Crippen LogP contribution in [0.4, 0.5) is 17.1 Å². The number of anilines is 3. The Hall–Kier alpha value is -7.26. The van der Waals surface area contributed by atoms with Crippen molar-refractivity contribution in [1.29, 1.82) is 0 Å². The van der Waals surface area contributed by atoms with Gasteiger partial charge < -0.3 is 4.90 Å². The third-order valence-electron chi connectivity index (χ3n) is 11.5. The lowest BCUT2D eigenvalue weighted by Gasteiger charge is -2.30. The number of hydrogen-bond donors (Lipinski definition) is 0. The number of hydrogen-bond acceptors (Lipinski definition) is 2. The highest BCUT2D eigenvalue weighted by molar-refractivity contribution is 7.26. The van der Waals surface area contributed by atoms with Crippen molar-refractivity contribution >= 4 is 70.1 Å². The van der Waals surface area contributed by atoms with Gasteiger partial charge in [-0.05, 0) is 79.7 Å². The molecule has 0 amide bonds. The van der Waals surface area contributed by atoms with E-state index < -0.39 is 0 Å². The molecular weight excluding hydrogens is 719 g/mol. The first-order valence-corrected chi connectivity index (χ1v) is 20.7. The third kappa shape index (κ3) is 5.77. The van der Waals surface area contributed by atoms with Gasteiger partial charge in [-0.3, -0.25) is 0 Å². The lowest BCUT2D eigenvalue weighted by molar-refractivity contribution is 1.29. The summed E-state index contributed by atoms with van der Waals surface area (Å²) in [4.78, 5) is 2.50. The quantitative estimate of drug-likeness (QED) is 0.157. The Morgan fingerprint density at radius 3 is 1.64 bits per heavy atom. The van der Waals surface area contributed by atoms with Gasteiger partial charge in [-0.2, -0.15) is 0 Å². The SMILES string of the molecule is c1ccc(-c2cccc3cccc(-c4ccccc4N(c4cccc(-c5cccc6ccccc56)c4)c4ccccc4-c4cccc5c4sc4ccccc45)c23)cc1. The summed E-state index contributed by atoms with van der Waals surface area (Å²) in [5, 5.41) is 7.54. The van der Waals surface area contributed by atoms with Gasteiger partial charge in [0.2, 0.25) is 0 Å². The molecule has 1 nitrogen and oxygen atoms in total. The Bertz CT molecular complexity index is 3290. The van der Waals surface area contributed by atoms with Gasteiger partial charge in [-0.15, -0.1) is 11.3 Å². The molecule has 0 aliphatic rings. The fraction of sp³-hybridized carbons (Fsp3) is 0. The second kappa shape index (κ2) is 14.4. The second-order valence-corrected chi connectivity index (χ2v) is 15.9. The molecule has 0 radical (unpaired) electrons. The summed E-state index contributed by atoms with van der Waals surface area (Å²) in [7, 11) is 0. The number of fused-ring (bicyclic) bond motifs is 5. The molecule has 0 aliphatic heterocycles. The van der Waals surface area contributed by atoms with Crippen molar-refractivity contribution in [3.8, 4) is 44.5 Å². The Labute approximate surface area is 342 Å². The Morgan fingerprint density at radius 2 is 0.828 bits per heavy atom. The molecule has 0 saturated carbocycles. The van der Waals surface area contributed by atoms with Crippen molar-refractivity contribution in [2.75, 3.05) is 4.90 Å². The van der Waals surface area contributed by atoms with Crippen LogP contribution in [-0.2, 0) is 0 Å². The molecule has 58 heavy (non-hydrogen) atoms. The highest BCUT2D eigenvalue weighted by Crippen LogP contribution is 2.49. The standard InChI is InChI=1S/C56H37NS/c1-2-17-39(18-3-1)45-30-14-21-40-22-15-31-49(55(40)45)46-26-6-9-34-52(46)57(42-24-12-23-41(37-42)44-29-13-20-38-19-4-5-25-43(38)44)53-35-10-7-27-47(53)50-32-16-33-51-48-28-8-11-36-54(48)58-56(50)51/h1-37H. The van der Waals surface area contributed by atoms with Crippen LogP contribution in [0.1, 0.15) is 0 Å². The largest absolute Gasteiger partial charge is 0.309 e. The smallest absolute Gasteiger partial charge is 0.0540 e. The van der Waals surface area contributed by atoms with Crippen molar-refractivity contribution in [2.24, 2.45) is 0 Å². The molecule has 11 rings (SSSR count). The highest BCUT2D eigenvalue weighted by Gasteiger charge is 2.23. The van der Waals surface area contributed by atoms with Crippen LogP contribution >= 0.6 is 11.3 Å². The maximum Gasteiger partial charge on any atom is 0.0540 e. The Morgan fingerprint density at radius 1 is 0.310 bits per heavy atom. The van der Waals surface area contributed by atoms with E-state index in [2.05, 4.69) is 229 Å². The van der Waals surface area contributed by atoms with E-state index in [1.165, 1.54) is 86.2 Å². The maximum atomic E-state index is 2.50.